The summed E-state index contributed by atoms with van der Waals surface area (Å²) in [6, 6.07) is 6.09. The number of hydrogen-bond acceptors (Lipinski definition) is 3. The van der Waals surface area contributed by atoms with Crippen molar-refractivity contribution in [2.75, 3.05) is 0 Å². The van der Waals surface area contributed by atoms with Gasteiger partial charge in [-0.1, -0.05) is 5.92 Å². The molecule has 0 bridgehead atoms. The van der Waals surface area contributed by atoms with E-state index in [1.165, 1.54) is 19.1 Å². The van der Waals surface area contributed by atoms with Crippen LogP contribution in [0.3, 0.4) is 0 Å². The number of nitrogens with zero attached hydrogens (tertiary/aromatic N) is 1. The van der Waals surface area contributed by atoms with Crippen molar-refractivity contribution in [2.24, 2.45) is 0 Å². The van der Waals surface area contributed by atoms with Crippen LogP contribution >= 0.6 is 0 Å². The average molecular weight is 185 g/mol. The smallest absolute Gasteiger partial charge is 0.163 e. The van der Waals surface area contributed by atoms with Crippen molar-refractivity contribution in [3.8, 4) is 23.7 Å². The molecule has 0 fully saturated rings. The van der Waals surface area contributed by atoms with Crippen LogP contribution in [-0.2, 0) is 0 Å². The molecule has 3 nitrogen and oxygen atoms in total. The summed E-state index contributed by atoms with van der Waals surface area (Å²) in [5, 5.41) is 17.6. The van der Waals surface area contributed by atoms with Gasteiger partial charge in [0.25, 0.3) is 0 Å². The molecule has 0 saturated heterocycles. The molecule has 0 aliphatic carbocycles. The molecule has 1 rings (SSSR count). The van der Waals surface area contributed by atoms with Gasteiger partial charge in [0.05, 0.1) is 5.56 Å². The normalized spacial score (nSPS) is 8.29. The maximum atomic E-state index is 10.9. The molecule has 0 aromatic heterocycles. The summed E-state index contributed by atoms with van der Waals surface area (Å²) in [6.07, 6.45) is 0. The zero-order valence-electron chi connectivity index (χ0n) is 7.53. The van der Waals surface area contributed by atoms with Gasteiger partial charge in [-0.2, -0.15) is 5.26 Å². The number of phenols is 1. The highest BCUT2D eigenvalue weighted by atomic mass is 16.3. The first-order chi connectivity index (χ1) is 6.65. The van der Waals surface area contributed by atoms with Crippen molar-refractivity contribution in [3.05, 3.63) is 29.3 Å². The maximum Gasteiger partial charge on any atom is 0.163 e. The van der Waals surface area contributed by atoms with E-state index in [4.69, 9.17) is 5.26 Å². The molecule has 0 atom stereocenters. The molecule has 0 aliphatic heterocycles. The van der Waals surface area contributed by atoms with E-state index in [0.29, 0.717) is 5.56 Å². The average Bonchev–Trinajstić information content (AvgIpc) is 2.14. The van der Waals surface area contributed by atoms with Crippen molar-refractivity contribution in [1.29, 1.82) is 5.26 Å². The molecule has 1 aromatic rings. The van der Waals surface area contributed by atoms with Gasteiger partial charge in [0.1, 0.15) is 5.75 Å². The first-order valence-corrected chi connectivity index (χ1v) is 3.89. The Morgan fingerprint density at radius 2 is 2.21 bits per heavy atom. The topological polar surface area (TPSA) is 61.1 Å². The van der Waals surface area contributed by atoms with E-state index >= 15 is 0 Å². The van der Waals surface area contributed by atoms with Crippen molar-refractivity contribution < 1.29 is 9.90 Å². The summed E-state index contributed by atoms with van der Waals surface area (Å²) in [6.45, 7) is 1.37. The zero-order chi connectivity index (χ0) is 10.6. The van der Waals surface area contributed by atoms with Gasteiger partial charge in [-0.3, -0.25) is 4.79 Å². The molecule has 0 saturated carbocycles. The Hall–Kier alpha value is -2.26. The van der Waals surface area contributed by atoms with Gasteiger partial charge in [-0.15, -0.1) is 0 Å². The number of nitriles is 1. The van der Waals surface area contributed by atoms with Crippen LogP contribution in [0.5, 0.6) is 5.75 Å². The third-order valence-electron chi connectivity index (χ3n) is 1.64. The van der Waals surface area contributed by atoms with Gasteiger partial charge < -0.3 is 5.11 Å². The molecule has 0 aliphatic rings. The molecular weight excluding hydrogens is 178 g/mol. The Morgan fingerprint density at radius 3 is 2.71 bits per heavy atom. The predicted octanol–water partition coefficient (Wildman–Crippen LogP) is 1.47. The second-order valence-corrected chi connectivity index (χ2v) is 2.65. The summed E-state index contributed by atoms with van der Waals surface area (Å²) in [5.74, 6) is 4.40. The molecule has 0 unspecified atom stereocenters. The van der Waals surface area contributed by atoms with Gasteiger partial charge in [0.2, 0.25) is 0 Å². The number of benzene rings is 1. The summed E-state index contributed by atoms with van der Waals surface area (Å²) >= 11 is 0. The second kappa shape index (κ2) is 4.11. The van der Waals surface area contributed by atoms with E-state index in [1.807, 2.05) is 0 Å². The molecule has 1 N–H and O–H groups in total. The van der Waals surface area contributed by atoms with E-state index in [2.05, 4.69) is 11.8 Å². The fourth-order valence-corrected chi connectivity index (χ4v) is 1.01. The number of rotatable bonds is 1. The number of phenolic OH excluding ortho intramolecular Hbond substituents is 1. The fourth-order valence-electron chi connectivity index (χ4n) is 1.01. The Morgan fingerprint density at radius 1 is 1.50 bits per heavy atom. The van der Waals surface area contributed by atoms with Crippen LogP contribution in [0.4, 0.5) is 0 Å². The zero-order valence-corrected chi connectivity index (χ0v) is 7.53. The van der Waals surface area contributed by atoms with Crippen LogP contribution in [0.2, 0.25) is 0 Å². The maximum absolute atomic E-state index is 10.9. The Kier molecular flexibility index (Phi) is 2.89. The molecule has 0 heterocycles. The Balaban J connectivity index is 3.14. The van der Waals surface area contributed by atoms with Crippen LogP contribution in [0.1, 0.15) is 22.8 Å². The minimum atomic E-state index is -0.206. The van der Waals surface area contributed by atoms with Crippen LogP contribution < -0.4 is 0 Å². The van der Waals surface area contributed by atoms with Crippen LogP contribution in [0.25, 0.3) is 0 Å². The lowest BCUT2D eigenvalue weighted by Gasteiger charge is -1.99. The summed E-state index contributed by atoms with van der Waals surface area (Å²) in [5.41, 5.74) is 0.765. The standard InChI is InChI=1S/C11H7NO2/c1-8(13)10-5-4-9(3-2-6-12)7-11(10)14/h4-5,7,14H,1H3. The number of ketones is 1. The van der Waals surface area contributed by atoms with Gasteiger partial charge in [0, 0.05) is 11.5 Å². The molecule has 0 spiro atoms. The van der Waals surface area contributed by atoms with Crippen LogP contribution in [-0.4, -0.2) is 10.9 Å². The number of hydrogen-bond donors (Lipinski definition) is 1. The van der Waals surface area contributed by atoms with Gasteiger partial charge in [-0.05, 0) is 25.1 Å². The third-order valence-corrected chi connectivity index (χ3v) is 1.64. The first-order valence-electron chi connectivity index (χ1n) is 3.89. The largest absolute Gasteiger partial charge is 0.507 e. The highest BCUT2D eigenvalue weighted by Crippen LogP contribution is 2.18. The molecule has 1 aromatic carbocycles. The van der Waals surface area contributed by atoms with E-state index in [1.54, 1.807) is 12.1 Å². The number of aromatic hydroxyl groups is 1. The van der Waals surface area contributed by atoms with Crippen molar-refractivity contribution in [2.45, 2.75) is 6.92 Å². The summed E-state index contributed by atoms with van der Waals surface area (Å²) in [4.78, 5) is 10.9. The highest BCUT2D eigenvalue weighted by Gasteiger charge is 2.05. The lowest BCUT2D eigenvalue weighted by Crippen LogP contribution is -1.92. The third kappa shape index (κ3) is 2.12. The van der Waals surface area contributed by atoms with Crippen LogP contribution in [0.15, 0.2) is 18.2 Å². The summed E-state index contributed by atoms with van der Waals surface area (Å²) < 4.78 is 0. The molecular formula is C11H7NO2. The second-order valence-electron chi connectivity index (χ2n) is 2.65. The molecule has 14 heavy (non-hydrogen) atoms. The molecule has 68 valence electrons. The minimum absolute atomic E-state index is 0.109. The van der Waals surface area contributed by atoms with E-state index in [-0.39, 0.29) is 17.1 Å². The van der Waals surface area contributed by atoms with Gasteiger partial charge >= 0.3 is 0 Å². The minimum Gasteiger partial charge on any atom is -0.507 e. The SMILES string of the molecule is CC(=O)c1ccc(C#CC#N)cc1O. The van der Waals surface area contributed by atoms with Gasteiger partial charge in [0.15, 0.2) is 11.9 Å². The van der Waals surface area contributed by atoms with Crippen molar-refractivity contribution >= 4 is 5.78 Å². The molecule has 3 heteroatoms. The lowest BCUT2D eigenvalue weighted by molar-refractivity contribution is 0.101. The van der Waals surface area contributed by atoms with Gasteiger partial charge in [-0.25, -0.2) is 0 Å². The Labute approximate surface area is 81.6 Å². The first kappa shape index (κ1) is 9.83. The van der Waals surface area contributed by atoms with Crippen molar-refractivity contribution in [1.82, 2.24) is 0 Å². The van der Waals surface area contributed by atoms with E-state index in [0.717, 1.165) is 0 Å². The van der Waals surface area contributed by atoms with Crippen LogP contribution in [0, 0.1) is 23.2 Å². The lowest BCUT2D eigenvalue weighted by atomic mass is 10.1. The number of carbonyl (C=O) groups is 1. The number of carbonyl (C=O) groups excluding carboxylic acids is 1. The van der Waals surface area contributed by atoms with E-state index < -0.39 is 0 Å². The molecule has 0 radical (unpaired) electrons. The predicted molar refractivity (Wildman–Crippen MR) is 50.6 cm³/mol. The molecule has 0 amide bonds. The van der Waals surface area contributed by atoms with Crippen molar-refractivity contribution in [3.63, 3.8) is 0 Å². The monoisotopic (exact) mass is 185 g/mol. The summed E-state index contributed by atoms with van der Waals surface area (Å²) in [7, 11) is 0. The Bertz CT molecular complexity index is 472. The highest BCUT2D eigenvalue weighted by molar-refractivity contribution is 5.96. The fraction of sp³-hybridized carbons (Fsp3) is 0.0909. The van der Waals surface area contributed by atoms with E-state index in [9.17, 15) is 9.90 Å². The number of Topliss-reactive ketones (excluding diaryl/α,β-unsaturated/α-hetero) is 1. The quantitative estimate of drug-likeness (QED) is 0.532.